The Morgan fingerprint density at radius 1 is 1.03 bits per heavy atom. The normalized spacial score (nSPS) is 15.2. The van der Waals surface area contributed by atoms with Crippen LogP contribution >= 0.6 is 0 Å². The topological polar surface area (TPSA) is 123 Å². The molecule has 0 atom stereocenters. The second-order valence-corrected chi connectivity index (χ2v) is 8.46. The van der Waals surface area contributed by atoms with Crippen LogP contribution in [-0.4, -0.2) is 80.6 Å². The van der Waals surface area contributed by atoms with Gasteiger partial charge in [0, 0.05) is 51.8 Å². The minimum atomic E-state index is -0.745. The molecule has 35 heavy (non-hydrogen) atoms. The van der Waals surface area contributed by atoms with Gasteiger partial charge in [-0.2, -0.15) is 9.36 Å². The molecule has 1 aliphatic rings. The summed E-state index contributed by atoms with van der Waals surface area (Å²) in [6.45, 7) is 9.24. The number of anilines is 1. The molecular weight excluding hydrogens is 452 g/mol. The van der Waals surface area contributed by atoms with E-state index in [4.69, 9.17) is 9.84 Å². The van der Waals surface area contributed by atoms with Crippen LogP contribution in [0.3, 0.4) is 0 Å². The minimum absolute atomic E-state index is 0.106. The third kappa shape index (κ3) is 7.46. The molecule has 1 saturated heterocycles. The van der Waals surface area contributed by atoms with Crippen LogP contribution in [0.15, 0.2) is 35.1 Å². The molecule has 2 aromatic rings. The summed E-state index contributed by atoms with van der Waals surface area (Å²) in [6, 6.07) is 9.85. The molecule has 0 radical (unpaired) electrons. The largest absolute Gasteiger partial charge is 0.481 e. The number of piperidine rings is 1. The van der Waals surface area contributed by atoms with Crippen molar-refractivity contribution in [2.45, 2.75) is 65.1 Å². The van der Waals surface area contributed by atoms with Gasteiger partial charge in [-0.3, -0.25) is 9.59 Å². The summed E-state index contributed by atoms with van der Waals surface area (Å²) < 4.78 is 8.37. The van der Waals surface area contributed by atoms with E-state index in [1.807, 2.05) is 49.1 Å². The average molecular weight is 491 g/mol. The van der Waals surface area contributed by atoms with E-state index in [0.717, 1.165) is 38.2 Å². The molecule has 194 valence electrons. The Balaban J connectivity index is 0.000000784. The van der Waals surface area contributed by atoms with Crippen LogP contribution in [-0.2, 0) is 27.4 Å². The number of tetrazole rings is 1. The van der Waals surface area contributed by atoms with Crippen molar-refractivity contribution < 1.29 is 19.4 Å². The van der Waals surface area contributed by atoms with Crippen LogP contribution in [0.4, 0.5) is 5.69 Å². The van der Waals surface area contributed by atoms with E-state index in [-0.39, 0.29) is 23.6 Å². The molecule has 2 heterocycles. The van der Waals surface area contributed by atoms with Gasteiger partial charge in [0.05, 0.1) is 18.7 Å². The molecule has 0 aliphatic carbocycles. The number of hydrogen-bond acceptors (Lipinski definition) is 7. The standard InChI is InChI=1S/C21H32N6O3.C3H6O2/c1-4-19(28)27(18-9-7-6-8-10-18)21(17-30-3)11-13-24(14-12-21)15-16-26-20(29)25(5-2)22-23-26;1-2-3(4)5/h6-10H,4-5,11-17H2,1-3H3;2H2,1H3,(H,4,5). The Morgan fingerprint density at radius 3 is 2.11 bits per heavy atom. The highest BCUT2D eigenvalue weighted by molar-refractivity contribution is 5.94. The number of aryl methyl sites for hydroxylation is 1. The number of aromatic nitrogens is 4. The Kier molecular flexibility index (Phi) is 11.1. The molecule has 3 rings (SSSR count). The second kappa shape index (κ2) is 13.7. The maximum absolute atomic E-state index is 13.0. The predicted octanol–water partition coefficient (Wildman–Crippen LogP) is 1.86. The summed E-state index contributed by atoms with van der Waals surface area (Å²) in [7, 11) is 1.69. The van der Waals surface area contributed by atoms with Gasteiger partial charge >= 0.3 is 11.7 Å². The van der Waals surface area contributed by atoms with Gasteiger partial charge in [0.25, 0.3) is 0 Å². The van der Waals surface area contributed by atoms with Crippen LogP contribution in [0, 0.1) is 0 Å². The molecule has 0 saturated carbocycles. The first kappa shape index (κ1) is 28.2. The fraction of sp³-hybridized carbons (Fsp3) is 0.625. The van der Waals surface area contributed by atoms with Crippen molar-refractivity contribution in [1.29, 1.82) is 0 Å². The molecule has 11 heteroatoms. The number of methoxy groups -OCH3 is 1. The van der Waals surface area contributed by atoms with Gasteiger partial charge in [-0.15, -0.1) is 0 Å². The maximum Gasteiger partial charge on any atom is 0.363 e. The number of amides is 1. The van der Waals surface area contributed by atoms with Crippen LogP contribution < -0.4 is 10.6 Å². The van der Waals surface area contributed by atoms with Crippen molar-refractivity contribution in [3.05, 3.63) is 40.8 Å². The van der Waals surface area contributed by atoms with Gasteiger partial charge in [0.1, 0.15) is 0 Å². The molecule has 11 nitrogen and oxygen atoms in total. The van der Waals surface area contributed by atoms with E-state index in [1.54, 1.807) is 14.0 Å². The molecule has 0 bridgehead atoms. The third-order valence-electron chi connectivity index (χ3n) is 6.17. The molecular formula is C24H38N6O5. The highest BCUT2D eigenvalue weighted by atomic mass is 16.5. The van der Waals surface area contributed by atoms with Crippen LogP contribution in [0.5, 0.6) is 0 Å². The summed E-state index contributed by atoms with van der Waals surface area (Å²) in [6.07, 6.45) is 2.27. The second-order valence-electron chi connectivity index (χ2n) is 8.46. The maximum atomic E-state index is 13.0. The van der Waals surface area contributed by atoms with Gasteiger partial charge in [0.2, 0.25) is 5.91 Å². The van der Waals surface area contributed by atoms with Crippen molar-refractivity contribution in [3.8, 4) is 0 Å². The number of likely N-dealkylation sites (tertiary alicyclic amines) is 1. The molecule has 0 unspecified atom stereocenters. The van der Waals surface area contributed by atoms with E-state index in [0.29, 0.717) is 26.1 Å². The highest BCUT2D eigenvalue weighted by Crippen LogP contribution is 2.34. The number of carboxylic acids is 1. The first-order chi connectivity index (χ1) is 16.8. The van der Waals surface area contributed by atoms with Crippen molar-refractivity contribution in [2.24, 2.45) is 0 Å². The first-order valence-corrected chi connectivity index (χ1v) is 12.1. The number of aliphatic carboxylic acids is 1. The zero-order valence-corrected chi connectivity index (χ0v) is 21.2. The molecule has 1 amide bonds. The van der Waals surface area contributed by atoms with Crippen LogP contribution in [0.2, 0.25) is 0 Å². The summed E-state index contributed by atoms with van der Waals surface area (Å²) >= 11 is 0. The van der Waals surface area contributed by atoms with Crippen molar-refractivity contribution >= 4 is 17.6 Å². The predicted molar refractivity (Wildman–Crippen MR) is 132 cm³/mol. The molecule has 1 fully saturated rings. The lowest BCUT2D eigenvalue weighted by Gasteiger charge is -2.48. The SMILES string of the molecule is CCC(=O)N(c1ccccc1)C1(COC)CCN(CCn2nnn(CC)c2=O)CC1.CCC(=O)O. The highest BCUT2D eigenvalue weighted by Gasteiger charge is 2.42. The van der Waals surface area contributed by atoms with E-state index in [1.165, 1.54) is 9.36 Å². The van der Waals surface area contributed by atoms with E-state index < -0.39 is 5.97 Å². The summed E-state index contributed by atoms with van der Waals surface area (Å²) in [5.74, 6) is -0.639. The van der Waals surface area contributed by atoms with Crippen molar-refractivity contribution in [3.63, 3.8) is 0 Å². The number of ether oxygens (including phenoxy) is 1. The van der Waals surface area contributed by atoms with Gasteiger partial charge in [-0.05, 0) is 42.3 Å². The number of nitrogens with zero attached hydrogens (tertiary/aromatic N) is 6. The number of rotatable bonds is 10. The summed E-state index contributed by atoms with van der Waals surface area (Å²) in [5.41, 5.74) is 0.367. The smallest absolute Gasteiger partial charge is 0.363 e. The average Bonchev–Trinajstić information content (AvgIpc) is 3.24. The Morgan fingerprint density at radius 2 is 1.63 bits per heavy atom. The number of carbonyl (C=O) groups excluding carboxylic acids is 1. The zero-order chi connectivity index (χ0) is 25.8. The Labute approximate surface area is 206 Å². The van der Waals surface area contributed by atoms with Crippen LogP contribution in [0.1, 0.15) is 46.5 Å². The number of benzene rings is 1. The fourth-order valence-electron chi connectivity index (χ4n) is 4.19. The van der Waals surface area contributed by atoms with Gasteiger partial charge in [-0.25, -0.2) is 4.79 Å². The number of carbonyl (C=O) groups is 2. The fourth-order valence-corrected chi connectivity index (χ4v) is 4.19. The lowest BCUT2D eigenvalue weighted by atomic mass is 9.85. The molecule has 0 spiro atoms. The molecule has 1 aromatic heterocycles. The zero-order valence-electron chi connectivity index (χ0n) is 21.2. The van der Waals surface area contributed by atoms with Gasteiger partial charge in [0.15, 0.2) is 0 Å². The van der Waals surface area contributed by atoms with Crippen LogP contribution in [0.25, 0.3) is 0 Å². The van der Waals surface area contributed by atoms with E-state index in [2.05, 4.69) is 15.3 Å². The minimum Gasteiger partial charge on any atom is -0.481 e. The number of para-hydroxylation sites is 1. The van der Waals surface area contributed by atoms with E-state index in [9.17, 15) is 14.4 Å². The molecule has 1 aliphatic heterocycles. The van der Waals surface area contributed by atoms with Gasteiger partial charge in [-0.1, -0.05) is 32.0 Å². The quantitative estimate of drug-likeness (QED) is 0.535. The molecule has 1 N–H and O–H groups in total. The van der Waals surface area contributed by atoms with Gasteiger partial charge < -0.3 is 19.6 Å². The summed E-state index contributed by atoms with van der Waals surface area (Å²) in [5, 5.41) is 15.5. The Bertz CT molecular complexity index is 982. The monoisotopic (exact) mass is 490 g/mol. The molecule has 1 aromatic carbocycles. The lowest BCUT2D eigenvalue weighted by Crippen LogP contribution is -2.60. The number of hydrogen-bond donors (Lipinski definition) is 1. The Hall–Kier alpha value is -3.05. The van der Waals surface area contributed by atoms with Crippen molar-refractivity contribution in [2.75, 3.05) is 38.3 Å². The first-order valence-electron chi connectivity index (χ1n) is 12.1. The number of carboxylic acid groups (broad SMARTS) is 1. The lowest BCUT2D eigenvalue weighted by molar-refractivity contribution is -0.136. The third-order valence-corrected chi connectivity index (χ3v) is 6.17. The summed E-state index contributed by atoms with van der Waals surface area (Å²) in [4.78, 5) is 38.7. The van der Waals surface area contributed by atoms with E-state index >= 15 is 0 Å². The van der Waals surface area contributed by atoms with Crippen molar-refractivity contribution in [1.82, 2.24) is 24.7 Å².